The molecule has 92 valence electrons. The Balaban J connectivity index is 2.05. The lowest BCUT2D eigenvalue weighted by Gasteiger charge is -2.20. The van der Waals surface area contributed by atoms with Crippen LogP contribution in [0.5, 0.6) is 0 Å². The molecule has 0 fully saturated rings. The van der Waals surface area contributed by atoms with Crippen LogP contribution < -0.4 is 4.72 Å². The van der Waals surface area contributed by atoms with E-state index in [1.165, 1.54) is 0 Å². The average Bonchev–Trinajstić information content (AvgIpc) is 2.65. The minimum absolute atomic E-state index is 0.441. The first-order valence-electron chi connectivity index (χ1n) is 5.36. The number of aliphatic imine (C=N–C) groups is 1. The monoisotopic (exact) mass is 253 g/mol. The third-order valence-electron chi connectivity index (χ3n) is 2.42. The summed E-state index contributed by atoms with van der Waals surface area (Å²) in [5.41, 5.74) is 1.14. The molecule has 0 bridgehead atoms. The second kappa shape index (κ2) is 4.75. The molecule has 17 heavy (non-hydrogen) atoms. The molecule has 0 aliphatic carbocycles. The highest BCUT2D eigenvalue weighted by Crippen LogP contribution is 2.08. The van der Waals surface area contributed by atoms with Crippen molar-refractivity contribution in [3.05, 3.63) is 35.9 Å². The van der Waals surface area contributed by atoms with E-state index in [0.717, 1.165) is 18.4 Å². The van der Waals surface area contributed by atoms with Crippen LogP contribution in [0.3, 0.4) is 0 Å². The molecule has 0 aromatic heterocycles. The zero-order chi connectivity index (χ0) is 12.3. The quantitative estimate of drug-likeness (QED) is 0.848. The van der Waals surface area contributed by atoms with E-state index in [1.54, 1.807) is 0 Å². The Labute approximate surface area is 101 Å². The maximum Gasteiger partial charge on any atom is 0.232 e. The maximum atomic E-state index is 11.2. The molecule has 1 aromatic carbocycles. The number of guanidine groups is 1. The van der Waals surface area contributed by atoms with Crippen molar-refractivity contribution in [2.24, 2.45) is 4.99 Å². The zero-order valence-corrected chi connectivity index (χ0v) is 10.4. The molecular weight excluding hydrogens is 238 g/mol. The molecule has 0 unspecified atom stereocenters. The summed E-state index contributed by atoms with van der Waals surface area (Å²) in [7, 11) is -3.26. The summed E-state index contributed by atoms with van der Waals surface area (Å²) < 4.78 is 24.8. The summed E-state index contributed by atoms with van der Waals surface area (Å²) in [4.78, 5) is 6.08. The molecule has 0 saturated heterocycles. The smallest absolute Gasteiger partial charge is 0.232 e. The van der Waals surface area contributed by atoms with Gasteiger partial charge in [-0.25, -0.2) is 8.42 Å². The van der Waals surface area contributed by atoms with Gasteiger partial charge < -0.3 is 4.90 Å². The number of rotatable bonds is 3. The molecule has 1 aromatic rings. The number of hydrogen-bond acceptors (Lipinski definition) is 4. The maximum absolute atomic E-state index is 11.2. The fourth-order valence-electron chi connectivity index (χ4n) is 1.70. The molecule has 1 N–H and O–H groups in total. The molecule has 0 amide bonds. The van der Waals surface area contributed by atoms with Crippen molar-refractivity contribution in [2.75, 3.05) is 19.3 Å². The molecule has 0 radical (unpaired) electrons. The summed E-state index contributed by atoms with van der Waals surface area (Å²) in [5.74, 6) is 0.441. The van der Waals surface area contributed by atoms with E-state index in [0.29, 0.717) is 19.0 Å². The third-order valence-corrected chi connectivity index (χ3v) is 2.98. The molecule has 1 heterocycles. The summed E-state index contributed by atoms with van der Waals surface area (Å²) in [6, 6.07) is 9.91. The van der Waals surface area contributed by atoms with Crippen LogP contribution in [-0.2, 0) is 16.6 Å². The fraction of sp³-hybridized carbons (Fsp3) is 0.364. The van der Waals surface area contributed by atoms with Gasteiger partial charge in [0.25, 0.3) is 0 Å². The van der Waals surface area contributed by atoms with Crippen molar-refractivity contribution in [3.8, 4) is 0 Å². The van der Waals surface area contributed by atoms with Crippen LogP contribution in [0.15, 0.2) is 35.3 Å². The number of nitrogens with one attached hydrogen (secondary N) is 1. The highest BCUT2D eigenvalue weighted by atomic mass is 32.2. The second-order valence-corrected chi connectivity index (χ2v) is 5.74. The van der Waals surface area contributed by atoms with Crippen LogP contribution in [0, 0.1) is 0 Å². The molecule has 6 heteroatoms. The van der Waals surface area contributed by atoms with Crippen molar-refractivity contribution in [2.45, 2.75) is 6.54 Å². The fourth-order valence-corrected chi connectivity index (χ4v) is 2.23. The average molecular weight is 253 g/mol. The van der Waals surface area contributed by atoms with E-state index in [-0.39, 0.29) is 0 Å². The predicted molar refractivity (Wildman–Crippen MR) is 67.1 cm³/mol. The molecule has 2 rings (SSSR count). The molecular formula is C11H15N3O2S. The van der Waals surface area contributed by atoms with Gasteiger partial charge in [-0.05, 0) is 5.56 Å². The van der Waals surface area contributed by atoms with Gasteiger partial charge in [0.05, 0.1) is 12.8 Å². The Morgan fingerprint density at radius 2 is 2.06 bits per heavy atom. The molecule has 1 aliphatic heterocycles. The lowest BCUT2D eigenvalue weighted by molar-refractivity contribution is 0.443. The normalized spacial score (nSPS) is 15.8. The highest BCUT2D eigenvalue weighted by Gasteiger charge is 2.19. The summed E-state index contributed by atoms with van der Waals surface area (Å²) >= 11 is 0. The van der Waals surface area contributed by atoms with Crippen molar-refractivity contribution < 1.29 is 8.42 Å². The number of nitrogens with zero attached hydrogens (tertiary/aromatic N) is 2. The van der Waals surface area contributed by atoms with Gasteiger partial charge in [-0.1, -0.05) is 30.3 Å². The van der Waals surface area contributed by atoms with Gasteiger partial charge in [-0.2, -0.15) is 0 Å². The minimum Gasteiger partial charge on any atom is -0.336 e. The Kier molecular flexibility index (Phi) is 3.33. The van der Waals surface area contributed by atoms with Crippen LogP contribution in [-0.4, -0.2) is 38.6 Å². The van der Waals surface area contributed by atoms with Gasteiger partial charge in [0.15, 0.2) is 0 Å². The van der Waals surface area contributed by atoms with Crippen LogP contribution in [0.25, 0.3) is 0 Å². The first-order valence-corrected chi connectivity index (χ1v) is 7.25. The van der Waals surface area contributed by atoms with Crippen molar-refractivity contribution in [3.63, 3.8) is 0 Å². The Hall–Kier alpha value is -1.56. The summed E-state index contributed by atoms with van der Waals surface area (Å²) in [6.07, 6.45) is 1.13. The highest BCUT2D eigenvalue weighted by molar-refractivity contribution is 7.89. The predicted octanol–water partition coefficient (Wildman–Crippen LogP) is 0.407. The third kappa shape index (κ3) is 3.45. The standard InChI is InChI=1S/C11H15N3O2S/c1-17(15,16)13-11-12-7-8-14(11)9-10-5-3-2-4-6-10/h2-6H,7-9H2,1H3,(H,12,13). The van der Waals surface area contributed by atoms with E-state index < -0.39 is 10.0 Å². The van der Waals surface area contributed by atoms with Gasteiger partial charge >= 0.3 is 0 Å². The molecule has 5 nitrogen and oxygen atoms in total. The largest absolute Gasteiger partial charge is 0.336 e. The van der Waals surface area contributed by atoms with Gasteiger partial charge in [-0.3, -0.25) is 9.71 Å². The van der Waals surface area contributed by atoms with Gasteiger partial charge in [0.2, 0.25) is 16.0 Å². The van der Waals surface area contributed by atoms with Gasteiger partial charge in [0, 0.05) is 13.1 Å². The second-order valence-electron chi connectivity index (χ2n) is 3.99. The lowest BCUT2D eigenvalue weighted by atomic mass is 10.2. The first kappa shape index (κ1) is 11.9. The lowest BCUT2D eigenvalue weighted by Crippen LogP contribution is -2.40. The van der Waals surface area contributed by atoms with Crippen molar-refractivity contribution in [1.82, 2.24) is 9.62 Å². The number of benzene rings is 1. The Morgan fingerprint density at radius 3 is 2.71 bits per heavy atom. The number of hydrogen-bond donors (Lipinski definition) is 1. The van der Waals surface area contributed by atoms with Crippen LogP contribution in [0.4, 0.5) is 0 Å². The topological polar surface area (TPSA) is 61.8 Å². The van der Waals surface area contributed by atoms with E-state index in [1.807, 2.05) is 35.2 Å². The zero-order valence-electron chi connectivity index (χ0n) is 9.63. The molecule has 0 saturated carbocycles. The molecule has 0 atom stereocenters. The number of sulfonamides is 1. The Bertz CT molecular complexity index is 511. The first-order chi connectivity index (χ1) is 8.04. The van der Waals surface area contributed by atoms with Crippen LogP contribution in [0.1, 0.15) is 5.56 Å². The molecule has 1 aliphatic rings. The van der Waals surface area contributed by atoms with Crippen LogP contribution in [0.2, 0.25) is 0 Å². The Morgan fingerprint density at radius 1 is 1.35 bits per heavy atom. The van der Waals surface area contributed by atoms with Crippen molar-refractivity contribution >= 4 is 16.0 Å². The van der Waals surface area contributed by atoms with E-state index in [4.69, 9.17) is 0 Å². The van der Waals surface area contributed by atoms with Gasteiger partial charge in [0.1, 0.15) is 0 Å². The summed E-state index contributed by atoms with van der Waals surface area (Å²) in [5, 5.41) is 0. The minimum atomic E-state index is -3.26. The SMILES string of the molecule is CS(=O)(=O)NC1=NCCN1Cc1ccccc1. The van der Waals surface area contributed by atoms with E-state index in [9.17, 15) is 8.42 Å². The van der Waals surface area contributed by atoms with Gasteiger partial charge in [-0.15, -0.1) is 0 Å². The van der Waals surface area contributed by atoms with Crippen molar-refractivity contribution in [1.29, 1.82) is 0 Å². The molecule has 0 spiro atoms. The summed E-state index contributed by atoms with van der Waals surface area (Å²) in [6.45, 7) is 2.04. The van der Waals surface area contributed by atoms with E-state index >= 15 is 0 Å². The van der Waals surface area contributed by atoms with Crippen LogP contribution >= 0.6 is 0 Å². The van der Waals surface area contributed by atoms with E-state index in [2.05, 4.69) is 9.71 Å².